The largest absolute Gasteiger partial charge is 0.251 e. The van der Waals surface area contributed by atoms with Crippen LogP contribution in [0.15, 0.2) is 48.5 Å². The van der Waals surface area contributed by atoms with E-state index in [1.807, 2.05) is 0 Å². The van der Waals surface area contributed by atoms with Crippen LogP contribution in [0.3, 0.4) is 0 Å². The van der Waals surface area contributed by atoms with Gasteiger partial charge >= 0.3 is 0 Å². The number of benzene rings is 3. The van der Waals surface area contributed by atoms with E-state index < -0.39 is 0 Å². The molecule has 98 valence electrons. The van der Waals surface area contributed by atoms with Crippen LogP contribution in [0.5, 0.6) is 0 Å². The Bertz CT molecular complexity index is 1110. The van der Waals surface area contributed by atoms with Crippen LogP contribution in [-0.4, -0.2) is 15.2 Å². The summed E-state index contributed by atoms with van der Waals surface area (Å²) in [6.07, 6.45) is 0. The minimum Gasteiger partial charge on any atom is -0.251 e. The van der Waals surface area contributed by atoms with Crippen molar-refractivity contribution in [1.29, 1.82) is 0 Å². The lowest BCUT2D eigenvalue weighted by Crippen LogP contribution is -1.92. The standard InChI is InChI=1S/C17H9N3S/c21-17-18-16-14-11-6-2-1-4-9(11)8-10-5-3-7-12(13(10)14)15(16)19-20-17/h1-8H,(H,18,20,21). The molecule has 0 fully saturated rings. The Morgan fingerprint density at radius 1 is 0.905 bits per heavy atom. The number of nitrogens with one attached hydrogen (secondary N) is 1. The van der Waals surface area contributed by atoms with E-state index in [1.165, 1.54) is 21.5 Å². The van der Waals surface area contributed by atoms with Crippen molar-refractivity contribution in [2.24, 2.45) is 0 Å². The third-order valence-electron chi connectivity index (χ3n) is 4.08. The number of fused-ring (bicyclic) bond motifs is 5. The maximum atomic E-state index is 5.16. The second-order valence-electron chi connectivity index (χ2n) is 5.21. The molecule has 21 heavy (non-hydrogen) atoms. The molecule has 0 radical (unpaired) electrons. The van der Waals surface area contributed by atoms with Gasteiger partial charge in [-0.25, -0.2) is 4.98 Å². The lowest BCUT2D eigenvalue weighted by Gasteiger charge is -2.06. The van der Waals surface area contributed by atoms with Crippen LogP contribution < -0.4 is 0 Å². The van der Waals surface area contributed by atoms with E-state index in [0.717, 1.165) is 22.5 Å². The molecule has 0 saturated heterocycles. The zero-order valence-electron chi connectivity index (χ0n) is 10.9. The summed E-state index contributed by atoms with van der Waals surface area (Å²) in [4.78, 5) is 4.54. The Labute approximate surface area is 125 Å². The molecule has 1 aromatic heterocycles. The van der Waals surface area contributed by atoms with Gasteiger partial charge in [0.2, 0.25) is 4.77 Å². The predicted molar refractivity (Wildman–Crippen MR) is 86.7 cm³/mol. The zero-order valence-corrected chi connectivity index (χ0v) is 11.7. The van der Waals surface area contributed by atoms with Crippen molar-refractivity contribution in [3.05, 3.63) is 53.3 Å². The Morgan fingerprint density at radius 3 is 2.71 bits per heavy atom. The summed E-state index contributed by atoms with van der Waals surface area (Å²) < 4.78 is 0.419. The van der Waals surface area contributed by atoms with Crippen molar-refractivity contribution in [1.82, 2.24) is 15.2 Å². The molecule has 1 aliphatic rings. The van der Waals surface area contributed by atoms with E-state index in [2.05, 4.69) is 63.7 Å². The van der Waals surface area contributed by atoms with E-state index >= 15 is 0 Å². The summed E-state index contributed by atoms with van der Waals surface area (Å²) in [5.41, 5.74) is 4.06. The van der Waals surface area contributed by atoms with E-state index in [1.54, 1.807) is 0 Å². The lowest BCUT2D eigenvalue weighted by atomic mass is 9.97. The van der Waals surface area contributed by atoms with Gasteiger partial charge in [0.05, 0.1) is 0 Å². The molecular weight excluding hydrogens is 278 g/mol. The monoisotopic (exact) mass is 287 g/mol. The first-order valence-corrected chi connectivity index (χ1v) is 7.16. The quantitative estimate of drug-likeness (QED) is 0.337. The van der Waals surface area contributed by atoms with Gasteiger partial charge in [-0.15, -0.1) is 0 Å². The predicted octanol–water partition coefficient (Wildman–Crippen LogP) is 4.49. The van der Waals surface area contributed by atoms with Crippen LogP contribution >= 0.6 is 12.2 Å². The van der Waals surface area contributed by atoms with Crippen LogP contribution in [-0.2, 0) is 0 Å². The Hall–Kier alpha value is -2.59. The SMILES string of the molecule is S=c1nc2c(n[nH]1)-c1cccc3cc4ccccc4c-2c13. The van der Waals surface area contributed by atoms with Crippen LogP contribution in [0.25, 0.3) is 44.1 Å². The third-order valence-corrected chi connectivity index (χ3v) is 4.26. The summed E-state index contributed by atoms with van der Waals surface area (Å²) in [7, 11) is 0. The molecule has 4 heteroatoms. The first-order chi connectivity index (χ1) is 10.3. The fraction of sp³-hybridized carbons (Fsp3) is 0. The minimum atomic E-state index is 0.419. The molecule has 0 spiro atoms. The number of H-pyrrole nitrogens is 1. The number of hydrogen-bond acceptors (Lipinski definition) is 3. The average molecular weight is 287 g/mol. The van der Waals surface area contributed by atoms with Crippen molar-refractivity contribution < 1.29 is 0 Å². The first-order valence-electron chi connectivity index (χ1n) is 6.75. The van der Waals surface area contributed by atoms with E-state index in [0.29, 0.717) is 4.77 Å². The summed E-state index contributed by atoms with van der Waals surface area (Å²) in [5.74, 6) is 0. The van der Waals surface area contributed by atoms with Crippen molar-refractivity contribution in [2.75, 3.05) is 0 Å². The number of hydrogen-bond donors (Lipinski definition) is 1. The fourth-order valence-corrected chi connectivity index (χ4v) is 3.40. The van der Waals surface area contributed by atoms with Crippen LogP contribution in [0.2, 0.25) is 0 Å². The van der Waals surface area contributed by atoms with Crippen LogP contribution in [0.1, 0.15) is 0 Å². The Balaban J connectivity index is 2.15. The number of nitrogens with zero attached hydrogens (tertiary/aromatic N) is 2. The Kier molecular flexibility index (Phi) is 1.98. The van der Waals surface area contributed by atoms with Gasteiger partial charge in [-0.2, -0.15) is 5.10 Å². The fourth-order valence-electron chi connectivity index (χ4n) is 3.26. The smallest absolute Gasteiger partial charge is 0.214 e. The molecular formula is C17H9N3S. The molecule has 0 bridgehead atoms. The third kappa shape index (κ3) is 1.35. The van der Waals surface area contributed by atoms with Gasteiger partial charge in [-0.3, -0.25) is 5.10 Å². The van der Waals surface area contributed by atoms with Gasteiger partial charge in [0, 0.05) is 16.5 Å². The molecule has 1 N–H and O–H groups in total. The number of aromatic nitrogens is 3. The van der Waals surface area contributed by atoms with Crippen molar-refractivity contribution in [3.63, 3.8) is 0 Å². The molecule has 0 atom stereocenters. The van der Waals surface area contributed by atoms with Crippen LogP contribution in [0, 0.1) is 4.77 Å². The number of rotatable bonds is 0. The Morgan fingerprint density at radius 2 is 1.76 bits per heavy atom. The minimum absolute atomic E-state index is 0.419. The highest BCUT2D eigenvalue weighted by Gasteiger charge is 2.26. The maximum Gasteiger partial charge on any atom is 0.214 e. The first kappa shape index (κ1) is 11.1. The molecule has 0 aliphatic heterocycles. The number of aromatic amines is 1. The highest BCUT2D eigenvalue weighted by atomic mass is 32.1. The van der Waals surface area contributed by atoms with Gasteiger partial charge in [0.25, 0.3) is 0 Å². The molecule has 4 aromatic rings. The van der Waals surface area contributed by atoms with Gasteiger partial charge in [0.1, 0.15) is 11.4 Å². The van der Waals surface area contributed by atoms with E-state index in [4.69, 9.17) is 12.2 Å². The average Bonchev–Trinajstić information content (AvgIpc) is 2.84. The molecule has 5 rings (SSSR count). The van der Waals surface area contributed by atoms with E-state index in [-0.39, 0.29) is 0 Å². The molecule has 1 heterocycles. The summed E-state index contributed by atoms with van der Waals surface area (Å²) in [6.45, 7) is 0. The summed E-state index contributed by atoms with van der Waals surface area (Å²) in [5, 5.41) is 12.1. The normalized spacial score (nSPS) is 12.0. The molecule has 3 nitrogen and oxygen atoms in total. The van der Waals surface area contributed by atoms with Gasteiger partial charge in [-0.05, 0) is 34.4 Å². The maximum absolute atomic E-state index is 5.16. The lowest BCUT2D eigenvalue weighted by molar-refractivity contribution is 0.966. The van der Waals surface area contributed by atoms with Crippen molar-refractivity contribution >= 4 is 33.8 Å². The molecule has 3 aromatic carbocycles. The van der Waals surface area contributed by atoms with Crippen LogP contribution in [0.4, 0.5) is 0 Å². The van der Waals surface area contributed by atoms with Crippen molar-refractivity contribution in [2.45, 2.75) is 0 Å². The second kappa shape index (κ2) is 3.74. The van der Waals surface area contributed by atoms with Gasteiger partial charge in [0.15, 0.2) is 0 Å². The highest BCUT2D eigenvalue weighted by Crippen LogP contribution is 2.47. The molecule has 0 saturated carbocycles. The summed E-state index contributed by atoms with van der Waals surface area (Å²) in [6, 6.07) is 16.9. The molecule has 1 aliphatic carbocycles. The molecule has 0 unspecified atom stereocenters. The van der Waals surface area contributed by atoms with Gasteiger partial charge in [-0.1, -0.05) is 42.5 Å². The second-order valence-corrected chi connectivity index (χ2v) is 5.60. The topological polar surface area (TPSA) is 41.6 Å². The van der Waals surface area contributed by atoms with Crippen molar-refractivity contribution in [3.8, 4) is 22.5 Å². The van der Waals surface area contributed by atoms with Gasteiger partial charge < -0.3 is 0 Å². The van der Waals surface area contributed by atoms with E-state index in [9.17, 15) is 0 Å². The summed E-state index contributed by atoms with van der Waals surface area (Å²) >= 11 is 5.16. The molecule has 0 amide bonds. The highest BCUT2D eigenvalue weighted by molar-refractivity contribution is 7.71. The zero-order chi connectivity index (χ0) is 14.0.